The summed E-state index contributed by atoms with van der Waals surface area (Å²) in [6.45, 7) is 0.900. The first-order valence-electron chi connectivity index (χ1n) is 8.95. The Morgan fingerprint density at radius 1 is 0.800 bits per heavy atom. The number of amides is 2. The molecule has 0 saturated carbocycles. The second-order valence-corrected chi connectivity index (χ2v) is 6.25. The van der Waals surface area contributed by atoms with E-state index in [2.05, 4.69) is 10.6 Å². The molecule has 10 nitrogen and oxygen atoms in total. The van der Waals surface area contributed by atoms with Crippen LogP contribution >= 0.6 is 0 Å². The maximum absolute atomic E-state index is 11.3. The molecule has 160 valence electrons. The van der Waals surface area contributed by atoms with Crippen molar-refractivity contribution in [1.29, 1.82) is 0 Å². The van der Waals surface area contributed by atoms with Crippen molar-refractivity contribution in [3.8, 4) is 11.5 Å². The van der Waals surface area contributed by atoms with Gasteiger partial charge in [-0.1, -0.05) is 12.2 Å². The summed E-state index contributed by atoms with van der Waals surface area (Å²) >= 11 is 0. The van der Waals surface area contributed by atoms with E-state index in [0.29, 0.717) is 47.3 Å². The van der Waals surface area contributed by atoms with Crippen LogP contribution < -0.4 is 43.0 Å². The number of hydrogen-bond donors (Lipinski definition) is 6. The van der Waals surface area contributed by atoms with Crippen molar-refractivity contribution in [2.24, 2.45) is 11.5 Å². The van der Waals surface area contributed by atoms with Gasteiger partial charge >= 0.3 is 0 Å². The van der Waals surface area contributed by atoms with Gasteiger partial charge in [0.1, 0.15) is 22.9 Å². The van der Waals surface area contributed by atoms with Crippen LogP contribution in [0.25, 0.3) is 0 Å². The third kappa shape index (κ3) is 5.25. The number of nitrogens with one attached hydrogen (secondary N) is 2. The molecule has 0 aromatic heterocycles. The van der Waals surface area contributed by atoms with Crippen LogP contribution in [-0.4, -0.2) is 39.1 Å². The maximum atomic E-state index is 11.3. The predicted molar refractivity (Wildman–Crippen MR) is 118 cm³/mol. The molecular weight excluding hydrogens is 388 g/mol. The van der Waals surface area contributed by atoms with Crippen molar-refractivity contribution >= 4 is 34.6 Å². The molecule has 0 bridgehead atoms. The van der Waals surface area contributed by atoms with Gasteiger partial charge in [0.25, 0.3) is 0 Å². The van der Waals surface area contributed by atoms with E-state index in [-0.39, 0.29) is 11.1 Å². The molecule has 2 rings (SSSR count). The van der Waals surface area contributed by atoms with Gasteiger partial charge < -0.3 is 43.0 Å². The second-order valence-electron chi connectivity index (χ2n) is 6.25. The molecule has 0 atom stereocenters. The molecule has 0 fully saturated rings. The number of anilines is 4. The molecule has 0 aliphatic rings. The number of carbonyl (C=O) groups is 2. The van der Waals surface area contributed by atoms with Crippen LogP contribution in [0.1, 0.15) is 20.7 Å². The normalized spacial score (nSPS) is 10.6. The Kier molecular flexibility index (Phi) is 7.34. The van der Waals surface area contributed by atoms with Crippen LogP contribution in [0.2, 0.25) is 0 Å². The monoisotopic (exact) mass is 414 g/mol. The number of ether oxygens (including phenoxy) is 2. The second kappa shape index (κ2) is 9.92. The first-order valence-corrected chi connectivity index (χ1v) is 8.95. The van der Waals surface area contributed by atoms with Crippen molar-refractivity contribution in [1.82, 2.24) is 0 Å². The summed E-state index contributed by atoms with van der Waals surface area (Å²) in [5.41, 5.74) is 24.9. The van der Waals surface area contributed by atoms with Gasteiger partial charge in [0.15, 0.2) is 0 Å². The van der Waals surface area contributed by atoms with Gasteiger partial charge in [0.2, 0.25) is 11.8 Å². The Morgan fingerprint density at radius 2 is 1.17 bits per heavy atom. The smallest absolute Gasteiger partial charge is 0.248 e. The molecule has 0 aliphatic heterocycles. The first-order chi connectivity index (χ1) is 14.3. The summed E-state index contributed by atoms with van der Waals surface area (Å²) in [6.07, 6.45) is 3.74. The SMILES string of the molecule is COc1cc(C(N)=O)cc(N)c1NC/C=C/CNc1c(N)cc(C(N)=O)cc1OC. The van der Waals surface area contributed by atoms with Gasteiger partial charge in [0.05, 0.1) is 25.6 Å². The molecule has 0 radical (unpaired) electrons. The minimum atomic E-state index is -0.587. The average Bonchev–Trinajstić information content (AvgIpc) is 2.71. The summed E-state index contributed by atoms with van der Waals surface area (Å²) in [6, 6.07) is 6.03. The van der Waals surface area contributed by atoms with Gasteiger partial charge in [-0.3, -0.25) is 9.59 Å². The number of hydrogen-bond acceptors (Lipinski definition) is 8. The lowest BCUT2D eigenvalue weighted by molar-refractivity contribution is 0.0991. The zero-order chi connectivity index (χ0) is 22.3. The highest BCUT2D eigenvalue weighted by atomic mass is 16.5. The van der Waals surface area contributed by atoms with Crippen LogP contribution in [-0.2, 0) is 0 Å². The first kappa shape index (κ1) is 22.2. The summed E-state index contributed by atoms with van der Waals surface area (Å²) in [5.74, 6) is -0.336. The van der Waals surface area contributed by atoms with Crippen LogP contribution in [0, 0.1) is 0 Å². The fourth-order valence-corrected chi connectivity index (χ4v) is 2.75. The van der Waals surface area contributed by atoms with Gasteiger partial charge in [0, 0.05) is 24.2 Å². The van der Waals surface area contributed by atoms with E-state index in [4.69, 9.17) is 32.4 Å². The number of nitrogen functional groups attached to an aromatic ring is 2. The largest absolute Gasteiger partial charge is 0.494 e. The highest BCUT2D eigenvalue weighted by Gasteiger charge is 2.13. The summed E-state index contributed by atoms with van der Waals surface area (Å²) in [7, 11) is 2.96. The molecule has 30 heavy (non-hydrogen) atoms. The molecule has 0 unspecified atom stereocenters. The van der Waals surface area contributed by atoms with E-state index in [9.17, 15) is 9.59 Å². The van der Waals surface area contributed by atoms with Gasteiger partial charge in [-0.05, 0) is 24.3 Å². The van der Waals surface area contributed by atoms with Gasteiger partial charge in [-0.2, -0.15) is 0 Å². The Bertz CT molecular complexity index is 897. The van der Waals surface area contributed by atoms with E-state index in [0.717, 1.165) is 0 Å². The lowest BCUT2D eigenvalue weighted by Crippen LogP contribution is -2.13. The standard InChI is InChI=1S/C20H26N6O4/c1-29-15-9-11(19(23)27)7-13(21)17(15)25-5-3-4-6-26-18-14(22)8-12(20(24)28)10-16(18)30-2/h3-4,7-10,25-26H,5-6,21-22H2,1-2H3,(H2,23,27)(H2,24,28)/b4-3+. The molecule has 0 saturated heterocycles. The Hall–Kier alpha value is -4.08. The quantitative estimate of drug-likeness (QED) is 0.247. The predicted octanol–water partition coefficient (Wildman–Crippen LogP) is 1.15. The lowest BCUT2D eigenvalue weighted by Gasteiger charge is -2.14. The van der Waals surface area contributed by atoms with E-state index in [1.165, 1.54) is 38.5 Å². The number of benzene rings is 2. The van der Waals surface area contributed by atoms with E-state index in [1.807, 2.05) is 12.2 Å². The number of primary amides is 2. The van der Waals surface area contributed by atoms with Crippen LogP contribution in [0.5, 0.6) is 11.5 Å². The number of rotatable bonds is 10. The molecule has 2 aromatic carbocycles. The zero-order valence-electron chi connectivity index (χ0n) is 16.8. The fourth-order valence-electron chi connectivity index (χ4n) is 2.75. The fraction of sp³-hybridized carbons (Fsp3) is 0.200. The molecular formula is C20H26N6O4. The van der Waals surface area contributed by atoms with E-state index >= 15 is 0 Å². The van der Waals surface area contributed by atoms with Gasteiger partial charge in [-0.15, -0.1) is 0 Å². The maximum Gasteiger partial charge on any atom is 0.248 e. The van der Waals surface area contributed by atoms with E-state index in [1.54, 1.807) is 0 Å². The molecule has 2 aromatic rings. The third-order valence-corrected chi connectivity index (χ3v) is 4.23. The van der Waals surface area contributed by atoms with Crippen molar-refractivity contribution in [2.75, 3.05) is 49.4 Å². The Labute approximate surface area is 174 Å². The minimum Gasteiger partial charge on any atom is -0.494 e. The zero-order valence-corrected chi connectivity index (χ0v) is 16.8. The Morgan fingerprint density at radius 3 is 1.47 bits per heavy atom. The minimum absolute atomic E-state index is 0.267. The van der Waals surface area contributed by atoms with Crippen molar-refractivity contribution in [3.63, 3.8) is 0 Å². The molecule has 2 amide bonds. The molecule has 0 aliphatic carbocycles. The third-order valence-electron chi connectivity index (χ3n) is 4.23. The lowest BCUT2D eigenvalue weighted by atomic mass is 10.1. The van der Waals surface area contributed by atoms with Crippen molar-refractivity contribution in [2.45, 2.75) is 0 Å². The number of carbonyl (C=O) groups excluding carboxylic acids is 2. The van der Waals surface area contributed by atoms with Crippen molar-refractivity contribution < 1.29 is 19.1 Å². The highest BCUT2D eigenvalue weighted by Crippen LogP contribution is 2.33. The van der Waals surface area contributed by atoms with Crippen molar-refractivity contribution in [3.05, 3.63) is 47.5 Å². The highest BCUT2D eigenvalue weighted by molar-refractivity contribution is 5.97. The molecule has 0 spiro atoms. The number of methoxy groups -OCH3 is 2. The molecule has 10 N–H and O–H groups in total. The van der Waals surface area contributed by atoms with Crippen LogP contribution in [0.15, 0.2) is 36.4 Å². The summed E-state index contributed by atoms with van der Waals surface area (Å²) < 4.78 is 10.5. The van der Waals surface area contributed by atoms with Gasteiger partial charge in [-0.25, -0.2) is 0 Å². The summed E-state index contributed by atoms with van der Waals surface area (Å²) in [4.78, 5) is 22.7. The van der Waals surface area contributed by atoms with Crippen LogP contribution in [0.3, 0.4) is 0 Å². The number of nitrogens with two attached hydrogens (primary N) is 4. The van der Waals surface area contributed by atoms with Crippen LogP contribution in [0.4, 0.5) is 22.7 Å². The van der Waals surface area contributed by atoms with E-state index < -0.39 is 11.8 Å². The topological polar surface area (TPSA) is 181 Å². The summed E-state index contributed by atoms with van der Waals surface area (Å²) in [5, 5.41) is 6.27. The Balaban J connectivity index is 1.99. The molecule has 0 heterocycles. The average molecular weight is 414 g/mol. The molecule has 10 heteroatoms.